The van der Waals surface area contributed by atoms with Crippen LogP contribution in [0.2, 0.25) is 0 Å². The first-order valence-corrected chi connectivity index (χ1v) is 9.76. The van der Waals surface area contributed by atoms with Gasteiger partial charge in [-0.15, -0.1) is 13.2 Å². The van der Waals surface area contributed by atoms with Crippen molar-refractivity contribution >= 4 is 22.8 Å². The zero-order chi connectivity index (χ0) is 22.4. The van der Waals surface area contributed by atoms with Crippen LogP contribution in [0, 0.1) is 6.92 Å². The van der Waals surface area contributed by atoms with E-state index in [9.17, 15) is 14.4 Å². The molecular weight excluding hydrogens is 394 g/mol. The van der Waals surface area contributed by atoms with Crippen molar-refractivity contribution in [2.45, 2.75) is 6.92 Å². The fourth-order valence-corrected chi connectivity index (χ4v) is 3.22. The molecule has 1 aromatic heterocycles. The lowest BCUT2D eigenvalue weighted by atomic mass is 10.0. The van der Waals surface area contributed by atoms with Crippen molar-refractivity contribution in [3.63, 3.8) is 0 Å². The molecule has 1 heterocycles. The summed E-state index contributed by atoms with van der Waals surface area (Å²) in [5.41, 5.74) is 1.15. The van der Waals surface area contributed by atoms with E-state index in [0.29, 0.717) is 24.4 Å². The number of hydrogen-bond donors (Lipinski definition) is 0. The third kappa shape index (κ3) is 4.64. The highest BCUT2D eigenvalue weighted by atomic mass is 16.5. The number of amides is 1. The second kappa shape index (κ2) is 9.71. The molecule has 6 nitrogen and oxygen atoms in total. The first kappa shape index (κ1) is 21.8. The molecule has 1 amide bonds. The molecular formula is C25H23NO5. The standard InChI is InChI=1S/C25H23NO5/c1-4-14-26(15-5-2)21(27)16-30-25(29)20-13-9-12-19-22(28)17(3)23(31-24(19)20)18-10-7-6-8-11-18/h4-13H,1-2,14-16H2,3H3. The average Bonchev–Trinajstić information content (AvgIpc) is 2.79. The summed E-state index contributed by atoms with van der Waals surface area (Å²) in [7, 11) is 0. The molecule has 0 fully saturated rings. The van der Waals surface area contributed by atoms with Crippen LogP contribution in [-0.2, 0) is 9.53 Å². The van der Waals surface area contributed by atoms with Crippen LogP contribution in [0.5, 0.6) is 0 Å². The summed E-state index contributed by atoms with van der Waals surface area (Å²) in [4.78, 5) is 39.4. The van der Waals surface area contributed by atoms with E-state index in [4.69, 9.17) is 9.15 Å². The van der Waals surface area contributed by atoms with Gasteiger partial charge in [-0.05, 0) is 19.1 Å². The maximum absolute atomic E-state index is 12.9. The summed E-state index contributed by atoms with van der Waals surface area (Å²) in [6.45, 7) is 9.09. The van der Waals surface area contributed by atoms with Gasteiger partial charge in [0.15, 0.2) is 17.6 Å². The summed E-state index contributed by atoms with van der Waals surface area (Å²) in [5.74, 6) is -0.740. The van der Waals surface area contributed by atoms with Gasteiger partial charge in [0.25, 0.3) is 5.91 Å². The van der Waals surface area contributed by atoms with E-state index in [2.05, 4.69) is 13.2 Å². The van der Waals surface area contributed by atoms with Gasteiger partial charge >= 0.3 is 5.97 Å². The smallest absolute Gasteiger partial charge is 0.342 e. The number of benzene rings is 2. The lowest BCUT2D eigenvalue weighted by Crippen LogP contribution is -2.35. The topological polar surface area (TPSA) is 76.8 Å². The Labute approximate surface area is 180 Å². The number of hydrogen-bond acceptors (Lipinski definition) is 5. The van der Waals surface area contributed by atoms with Crippen molar-refractivity contribution in [1.29, 1.82) is 0 Å². The Hall–Kier alpha value is -3.93. The van der Waals surface area contributed by atoms with E-state index in [1.54, 1.807) is 31.2 Å². The van der Waals surface area contributed by atoms with Crippen LogP contribution in [-0.4, -0.2) is 36.5 Å². The number of esters is 1. The van der Waals surface area contributed by atoms with E-state index in [1.807, 2.05) is 30.3 Å². The molecule has 158 valence electrons. The van der Waals surface area contributed by atoms with Crippen molar-refractivity contribution in [2.24, 2.45) is 0 Å². The first-order valence-electron chi connectivity index (χ1n) is 9.76. The van der Waals surface area contributed by atoms with Crippen molar-refractivity contribution in [3.05, 3.63) is 95.2 Å². The number of carbonyl (C=O) groups is 2. The molecule has 0 saturated heterocycles. The second-order valence-electron chi connectivity index (χ2n) is 6.89. The molecule has 2 aromatic carbocycles. The Bertz CT molecular complexity index is 1180. The van der Waals surface area contributed by atoms with Gasteiger partial charge in [0.2, 0.25) is 0 Å². The molecule has 0 atom stereocenters. The molecule has 3 aromatic rings. The molecule has 3 rings (SSSR count). The number of fused-ring (bicyclic) bond motifs is 1. The van der Waals surface area contributed by atoms with Gasteiger partial charge in [-0.2, -0.15) is 0 Å². The second-order valence-corrected chi connectivity index (χ2v) is 6.89. The number of carbonyl (C=O) groups excluding carboxylic acids is 2. The molecule has 0 spiro atoms. The van der Waals surface area contributed by atoms with Crippen LogP contribution in [0.1, 0.15) is 15.9 Å². The molecule has 0 radical (unpaired) electrons. The molecule has 0 unspecified atom stereocenters. The first-order chi connectivity index (χ1) is 15.0. The number of nitrogens with zero attached hydrogens (tertiary/aromatic N) is 1. The van der Waals surface area contributed by atoms with E-state index in [1.165, 1.54) is 11.0 Å². The third-order valence-electron chi connectivity index (χ3n) is 4.78. The highest BCUT2D eigenvalue weighted by molar-refractivity contribution is 6.02. The van der Waals surface area contributed by atoms with E-state index >= 15 is 0 Å². The normalized spacial score (nSPS) is 10.5. The van der Waals surface area contributed by atoms with Gasteiger partial charge in [-0.25, -0.2) is 4.79 Å². The monoisotopic (exact) mass is 417 g/mol. The molecule has 0 aliphatic rings. The van der Waals surface area contributed by atoms with E-state index in [-0.39, 0.29) is 27.9 Å². The maximum Gasteiger partial charge on any atom is 0.342 e. The molecule has 6 heteroatoms. The number of ether oxygens (including phenoxy) is 1. The molecule has 31 heavy (non-hydrogen) atoms. The van der Waals surface area contributed by atoms with Crippen LogP contribution in [0.4, 0.5) is 0 Å². The van der Waals surface area contributed by atoms with Crippen LogP contribution in [0.3, 0.4) is 0 Å². The van der Waals surface area contributed by atoms with E-state index in [0.717, 1.165) is 5.56 Å². The largest absolute Gasteiger partial charge is 0.455 e. The van der Waals surface area contributed by atoms with Gasteiger partial charge in [0.1, 0.15) is 11.3 Å². The van der Waals surface area contributed by atoms with Crippen LogP contribution >= 0.6 is 0 Å². The highest BCUT2D eigenvalue weighted by Gasteiger charge is 2.21. The van der Waals surface area contributed by atoms with Crippen molar-refractivity contribution in [3.8, 4) is 11.3 Å². The molecule has 0 aliphatic heterocycles. The van der Waals surface area contributed by atoms with Gasteiger partial charge in [-0.1, -0.05) is 48.6 Å². The quantitative estimate of drug-likeness (QED) is 0.407. The minimum absolute atomic E-state index is 0.0820. The predicted octanol–water partition coefficient (Wildman–Crippen LogP) is 4.13. The minimum Gasteiger partial charge on any atom is -0.455 e. The van der Waals surface area contributed by atoms with Gasteiger partial charge in [0, 0.05) is 24.2 Å². The van der Waals surface area contributed by atoms with Gasteiger partial charge < -0.3 is 14.1 Å². The maximum atomic E-state index is 12.9. The van der Waals surface area contributed by atoms with Crippen LogP contribution < -0.4 is 5.43 Å². The number of para-hydroxylation sites is 1. The third-order valence-corrected chi connectivity index (χ3v) is 4.78. The molecule has 0 N–H and O–H groups in total. The zero-order valence-electron chi connectivity index (χ0n) is 17.3. The minimum atomic E-state index is -0.748. The van der Waals surface area contributed by atoms with Crippen molar-refractivity contribution in [2.75, 3.05) is 19.7 Å². The fraction of sp³-hybridized carbons (Fsp3) is 0.160. The summed E-state index contributed by atoms with van der Waals surface area (Å²) >= 11 is 0. The SMILES string of the molecule is C=CCN(CC=C)C(=O)COC(=O)c1cccc2c(=O)c(C)c(-c3ccccc3)oc12. The highest BCUT2D eigenvalue weighted by Crippen LogP contribution is 2.27. The van der Waals surface area contributed by atoms with Crippen LogP contribution in [0.15, 0.2) is 83.1 Å². The van der Waals surface area contributed by atoms with Gasteiger partial charge in [0.05, 0.1) is 5.39 Å². The molecule has 0 aliphatic carbocycles. The Morgan fingerprint density at radius 2 is 1.71 bits per heavy atom. The zero-order valence-corrected chi connectivity index (χ0v) is 17.3. The Kier molecular flexibility index (Phi) is 6.82. The number of rotatable bonds is 8. The summed E-state index contributed by atoms with van der Waals surface area (Å²) < 4.78 is 11.2. The lowest BCUT2D eigenvalue weighted by Gasteiger charge is -2.19. The van der Waals surface area contributed by atoms with E-state index < -0.39 is 12.6 Å². The van der Waals surface area contributed by atoms with Crippen molar-refractivity contribution in [1.82, 2.24) is 4.90 Å². The molecule has 0 saturated carbocycles. The Morgan fingerprint density at radius 3 is 2.35 bits per heavy atom. The average molecular weight is 417 g/mol. The summed E-state index contributed by atoms with van der Waals surface area (Å²) in [6, 6.07) is 13.9. The fourth-order valence-electron chi connectivity index (χ4n) is 3.22. The summed E-state index contributed by atoms with van der Waals surface area (Å²) in [6.07, 6.45) is 3.16. The molecule has 0 bridgehead atoms. The van der Waals surface area contributed by atoms with Crippen molar-refractivity contribution < 1.29 is 18.7 Å². The summed E-state index contributed by atoms with van der Waals surface area (Å²) in [5, 5.41) is 0.276. The van der Waals surface area contributed by atoms with Crippen LogP contribution in [0.25, 0.3) is 22.3 Å². The Balaban J connectivity index is 1.95. The van der Waals surface area contributed by atoms with Gasteiger partial charge in [-0.3, -0.25) is 9.59 Å². The Morgan fingerprint density at radius 1 is 1.03 bits per heavy atom. The predicted molar refractivity (Wildman–Crippen MR) is 120 cm³/mol. The lowest BCUT2D eigenvalue weighted by molar-refractivity contribution is -0.133.